The van der Waals surface area contributed by atoms with Crippen molar-refractivity contribution in [1.82, 2.24) is 4.90 Å². The molecule has 1 amide bonds. The monoisotopic (exact) mass is 346 g/mol. The molecule has 4 nitrogen and oxygen atoms in total. The van der Waals surface area contributed by atoms with Crippen LogP contribution >= 0.6 is 0 Å². The van der Waals surface area contributed by atoms with Crippen LogP contribution in [0.25, 0.3) is 0 Å². The molecule has 5 heteroatoms. The quantitative estimate of drug-likeness (QED) is 0.828. The maximum absolute atomic E-state index is 13.2. The van der Waals surface area contributed by atoms with Crippen LogP contribution in [-0.2, 0) is 4.74 Å². The molecule has 2 saturated carbocycles. The standard InChI is InChI=1S/C20H27FN2O2/c1-25-20(24)23(17-6-4-16(21)5-7-17)18-8-10-22(11-9-18)19-13-14-2-3-15(19)12-14/h4-7,14-15,18-19H,2-3,8-13H2,1H3. The average Bonchev–Trinajstić information content (AvgIpc) is 3.27. The van der Waals surface area contributed by atoms with Crippen LogP contribution in [0, 0.1) is 17.7 Å². The van der Waals surface area contributed by atoms with Crippen molar-refractivity contribution in [3.05, 3.63) is 30.1 Å². The fourth-order valence-corrected chi connectivity index (χ4v) is 5.30. The van der Waals surface area contributed by atoms with Crippen LogP contribution in [0.4, 0.5) is 14.9 Å². The predicted molar refractivity (Wildman–Crippen MR) is 95.1 cm³/mol. The van der Waals surface area contributed by atoms with E-state index in [9.17, 15) is 9.18 Å². The van der Waals surface area contributed by atoms with E-state index in [1.54, 1.807) is 17.0 Å². The van der Waals surface area contributed by atoms with Crippen LogP contribution in [0.15, 0.2) is 24.3 Å². The van der Waals surface area contributed by atoms with Gasteiger partial charge in [0.2, 0.25) is 0 Å². The molecule has 136 valence electrons. The minimum Gasteiger partial charge on any atom is -0.452 e. The third-order valence-corrected chi connectivity index (χ3v) is 6.51. The second-order valence-electron chi connectivity index (χ2n) is 7.83. The average molecular weight is 346 g/mol. The van der Waals surface area contributed by atoms with Crippen molar-refractivity contribution in [3.8, 4) is 0 Å². The Bertz CT molecular complexity index is 613. The molecule has 0 spiro atoms. The lowest BCUT2D eigenvalue weighted by Gasteiger charge is -2.42. The zero-order valence-corrected chi connectivity index (χ0v) is 14.9. The molecular formula is C20H27FN2O2. The highest BCUT2D eigenvalue weighted by molar-refractivity contribution is 5.88. The first kappa shape index (κ1) is 16.8. The Morgan fingerprint density at radius 3 is 2.40 bits per heavy atom. The number of rotatable bonds is 3. The van der Waals surface area contributed by atoms with Gasteiger partial charge in [0.25, 0.3) is 0 Å². The number of likely N-dealkylation sites (tertiary alicyclic amines) is 1. The van der Waals surface area contributed by atoms with Gasteiger partial charge < -0.3 is 4.74 Å². The zero-order valence-electron chi connectivity index (χ0n) is 14.9. The Balaban J connectivity index is 1.43. The molecule has 1 saturated heterocycles. The second kappa shape index (κ2) is 6.94. The molecule has 2 aliphatic carbocycles. The number of anilines is 1. The number of hydrogen-bond acceptors (Lipinski definition) is 3. The lowest BCUT2D eigenvalue weighted by Crippen LogP contribution is -2.51. The van der Waals surface area contributed by atoms with E-state index in [-0.39, 0.29) is 18.0 Å². The van der Waals surface area contributed by atoms with Crippen LogP contribution in [0.5, 0.6) is 0 Å². The molecule has 3 aliphatic rings. The van der Waals surface area contributed by atoms with E-state index in [2.05, 4.69) is 4.90 Å². The van der Waals surface area contributed by atoms with Crippen molar-refractivity contribution < 1.29 is 13.9 Å². The maximum Gasteiger partial charge on any atom is 0.414 e. The molecule has 2 bridgehead atoms. The molecule has 4 rings (SSSR count). The molecule has 0 aromatic heterocycles. The van der Waals surface area contributed by atoms with Crippen LogP contribution in [0.3, 0.4) is 0 Å². The van der Waals surface area contributed by atoms with Gasteiger partial charge in [0.15, 0.2) is 0 Å². The van der Waals surface area contributed by atoms with Gasteiger partial charge in [-0.3, -0.25) is 9.80 Å². The molecule has 3 unspecified atom stereocenters. The summed E-state index contributed by atoms with van der Waals surface area (Å²) in [6, 6.07) is 7.00. The molecule has 1 aromatic carbocycles. The number of ether oxygens (including phenoxy) is 1. The molecule has 3 fully saturated rings. The summed E-state index contributed by atoms with van der Waals surface area (Å²) in [5, 5.41) is 0. The van der Waals surface area contributed by atoms with E-state index in [1.807, 2.05) is 0 Å². The summed E-state index contributed by atoms with van der Waals surface area (Å²) in [6.45, 7) is 2.07. The number of methoxy groups -OCH3 is 1. The molecule has 1 heterocycles. The number of fused-ring (bicyclic) bond motifs is 2. The van der Waals surface area contributed by atoms with Gasteiger partial charge in [0, 0.05) is 30.9 Å². The minimum absolute atomic E-state index is 0.118. The first-order valence-electron chi connectivity index (χ1n) is 9.52. The summed E-state index contributed by atoms with van der Waals surface area (Å²) in [4.78, 5) is 16.7. The normalized spacial score (nSPS) is 29.8. The van der Waals surface area contributed by atoms with Crippen molar-refractivity contribution in [2.45, 2.75) is 50.6 Å². The van der Waals surface area contributed by atoms with Gasteiger partial charge in [-0.15, -0.1) is 0 Å². The minimum atomic E-state index is -0.356. The summed E-state index contributed by atoms with van der Waals surface area (Å²) in [6.07, 6.45) is 7.16. The Labute approximate surface area is 148 Å². The number of halogens is 1. The van der Waals surface area contributed by atoms with Crippen molar-refractivity contribution in [2.75, 3.05) is 25.1 Å². The van der Waals surface area contributed by atoms with E-state index in [1.165, 1.54) is 44.9 Å². The topological polar surface area (TPSA) is 32.8 Å². The number of hydrogen-bond donors (Lipinski definition) is 0. The van der Waals surface area contributed by atoms with Crippen molar-refractivity contribution in [3.63, 3.8) is 0 Å². The Kier molecular flexibility index (Phi) is 4.67. The summed E-state index contributed by atoms with van der Waals surface area (Å²) in [7, 11) is 1.41. The number of carbonyl (C=O) groups excluding carboxylic acids is 1. The molecule has 0 N–H and O–H groups in total. The van der Waals surface area contributed by atoms with Gasteiger partial charge in [0.05, 0.1) is 7.11 Å². The van der Waals surface area contributed by atoms with Gasteiger partial charge in [-0.05, 0) is 68.2 Å². The second-order valence-corrected chi connectivity index (χ2v) is 7.83. The smallest absolute Gasteiger partial charge is 0.414 e. The van der Waals surface area contributed by atoms with Gasteiger partial charge in [0.1, 0.15) is 5.82 Å². The SMILES string of the molecule is COC(=O)N(c1ccc(F)cc1)C1CCN(C2CC3CCC2C3)CC1. The van der Waals surface area contributed by atoms with E-state index in [0.717, 1.165) is 43.8 Å². The fraction of sp³-hybridized carbons (Fsp3) is 0.650. The molecule has 0 radical (unpaired) electrons. The third-order valence-electron chi connectivity index (χ3n) is 6.51. The van der Waals surface area contributed by atoms with Crippen LogP contribution in [0.2, 0.25) is 0 Å². The van der Waals surface area contributed by atoms with E-state index in [4.69, 9.17) is 4.74 Å². The lowest BCUT2D eigenvalue weighted by molar-refractivity contribution is 0.107. The maximum atomic E-state index is 13.2. The Morgan fingerprint density at radius 2 is 1.84 bits per heavy atom. The molecule has 1 aromatic rings. The van der Waals surface area contributed by atoms with E-state index < -0.39 is 0 Å². The highest BCUT2D eigenvalue weighted by Gasteiger charge is 2.43. The molecule has 25 heavy (non-hydrogen) atoms. The number of nitrogens with zero attached hydrogens (tertiary/aromatic N) is 2. The summed E-state index contributed by atoms with van der Waals surface area (Å²) >= 11 is 0. The molecule has 3 atom stereocenters. The van der Waals surface area contributed by atoms with Crippen LogP contribution in [0.1, 0.15) is 38.5 Å². The van der Waals surface area contributed by atoms with Crippen molar-refractivity contribution >= 4 is 11.8 Å². The first-order chi connectivity index (χ1) is 12.2. The number of benzene rings is 1. The van der Waals surface area contributed by atoms with Crippen LogP contribution < -0.4 is 4.90 Å². The van der Waals surface area contributed by atoms with Crippen LogP contribution in [-0.4, -0.2) is 43.3 Å². The predicted octanol–water partition coefficient (Wildman–Crippen LogP) is 4.05. The summed E-state index contributed by atoms with van der Waals surface area (Å²) < 4.78 is 18.2. The molecule has 1 aliphatic heterocycles. The van der Waals surface area contributed by atoms with E-state index >= 15 is 0 Å². The highest BCUT2D eigenvalue weighted by Crippen LogP contribution is 2.47. The van der Waals surface area contributed by atoms with Gasteiger partial charge >= 0.3 is 6.09 Å². The third kappa shape index (κ3) is 3.26. The molecular weight excluding hydrogens is 319 g/mol. The zero-order chi connectivity index (χ0) is 17.4. The summed E-state index contributed by atoms with van der Waals surface area (Å²) in [5.74, 6) is 1.56. The van der Waals surface area contributed by atoms with Gasteiger partial charge in [-0.2, -0.15) is 0 Å². The number of piperidine rings is 1. The van der Waals surface area contributed by atoms with Crippen molar-refractivity contribution in [1.29, 1.82) is 0 Å². The Morgan fingerprint density at radius 1 is 1.12 bits per heavy atom. The number of carbonyl (C=O) groups is 1. The van der Waals surface area contributed by atoms with E-state index in [0.29, 0.717) is 5.69 Å². The van der Waals surface area contributed by atoms with Gasteiger partial charge in [-0.25, -0.2) is 9.18 Å². The van der Waals surface area contributed by atoms with Crippen molar-refractivity contribution in [2.24, 2.45) is 11.8 Å². The number of amides is 1. The Hall–Kier alpha value is -1.62. The van der Waals surface area contributed by atoms with Gasteiger partial charge in [-0.1, -0.05) is 6.42 Å². The fourth-order valence-electron chi connectivity index (χ4n) is 5.30. The largest absolute Gasteiger partial charge is 0.452 e. The summed E-state index contributed by atoms with van der Waals surface area (Å²) in [5.41, 5.74) is 0.714. The highest BCUT2D eigenvalue weighted by atomic mass is 19.1. The lowest BCUT2D eigenvalue weighted by atomic mass is 9.91. The first-order valence-corrected chi connectivity index (χ1v) is 9.52.